The number of likely N-dealkylation sites (tertiary alicyclic amines) is 1. The molecule has 5 rings (SSSR count). The van der Waals surface area contributed by atoms with E-state index in [-0.39, 0.29) is 11.8 Å². The fourth-order valence-electron chi connectivity index (χ4n) is 4.58. The summed E-state index contributed by atoms with van der Waals surface area (Å²) < 4.78 is 0. The van der Waals surface area contributed by atoms with Gasteiger partial charge in [-0.05, 0) is 55.6 Å². The van der Waals surface area contributed by atoms with Gasteiger partial charge in [0.15, 0.2) is 0 Å². The van der Waals surface area contributed by atoms with E-state index < -0.39 is 0 Å². The van der Waals surface area contributed by atoms with Crippen LogP contribution in [0.25, 0.3) is 10.9 Å². The highest BCUT2D eigenvalue weighted by Crippen LogP contribution is 2.33. The summed E-state index contributed by atoms with van der Waals surface area (Å²) >= 11 is 0. The van der Waals surface area contributed by atoms with E-state index in [4.69, 9.17) is 0 Å². The van der Waals surface area contributed by atoms with Gasteiger partial charge in [-0.2, -0.15) is 0 Å². The molecule has 0 unspecified atom stereocenters. The van der Waals surface area contributed by atoms with Gasteiger partial charge in [-0.1, -0.05) is 30.3 Å². The molecule has 0 atom stereocenters. The lowest BCUT2D eigenvalue weighted by atomic mass is 9.89. The third-order valence-corrected chi connectivity index (χ3v) is 6.17. The van der Waals surface area contributed by atoms with Crippen molar-refractivity contribution < 1.29 is 9.59 Å². The van der Waals surface area contributed by atoms with Gasteiger partial charge in [0, 0.05) is 30.2 Å². The number of hydrogen-bond donors (Lipinski definition) is 1. The van der Waals surface area contributed by atoms with Crippen LogP contribution in [0.5, 0.6) is 0 Å². The second-order valence-corrected chi connectivity index (χ2v) is 7.71. The summed E-state index contributed by atoms with van der Waals surface area (Å²) in [4.78, 5) is 32.1. The molecule has 1 saturated heterocycles. The molecule has 0 spiro atoms. The van der Waals surface area contributed by atoms with Gasteiger partial charge in [-0.15, -0.1) is 0 Å². The summed E-state index contributed by atoms with van der Waals surface area (Å²) in [6, 6.07) is 15.6. The first-order chi connectivity index (χ1) is 13.7. The number of piperidine rings is 1. The molecule has 2 amide bonds. The Morgan fingerprint density at radius 1 is 0.857 bits per heavy atom. The molecule has 3 heterocycles. The highest BCUT2D eigenvalue weighted by Gasteiger charge is 2.35. The number of aromatic nitrogens is 1. The van der Waals surface area contributed by atoms with E-state index in [1.807, 2.05) is 12.1 Å². The predicted octanol–water partition coefficient (Wildman–Crippen LogP) is 3.64. The Hall–Kier alpha value is -2.92. The van der Waals surface area contributed by atoms with E-state index in [1.54, 1.807) is 12.1 Å². The average molecular weight is 373 g/mol. The zero-order valence-electron chi connectivity index (χ0n) is 15.7. The van der Waals surface area contributed by atoms with Crippen molar-refractivity contribution in [1.29, 1.82) is 0 Å². The van der Waals surface area contributed by atoms with E-state index in [0.717, 1.165) is 32.5 Å². The van der Waals surface area contributed by atoms with E-state index in [9.17, 15) is 9.59 Å². The number of imide groups is 1. The number of benzene rings is 2. The van der Waals surface area contributed by atoms with Gasteiger partial charge in [-0.25, -0.2) is 0 Å². The van der Waals surface area contributed by atoms with E-state index in [1.165, 1.54) is 21.4 Å². The fourth-order valence-corrected chi connectivity index (χ4v) is 4.58. The van der Waals surface area contributed by atoms with Crippen molar-refractivity contribution in [2.45, 2.75) is 18.8 Å². The maximum absolute atomic E-state index is 12.5. The van der Waals surface area contributed by atoms with E-state index >= 15 is 0 Å². The summed E-state index contributed by atoms with van der Waals surface area (Å²) in [6.45, 7) is 3.19. The Bertz CT molecular complexity index is 1010. The van der Waals surface area contributed by atoms with Crippen LogP contribution in [0.3, 0.4) is 0 Å². The molecule has 1 N–H and O–H groups in total. The monoisotopic (exact) mass is 373 g/mol. The quantitative estimate of drug-likeness (QED) is 0.711. The predicted molar refractivity (Wildman–Crippen MR) is 109 cm³/mol. The molecule has 2 aromatic carbocycles. The maximum Gasteiger partial charge on any atom is 0.261 e. The third-order valence-electron chi connectivity index (χ3n) is 6.17. The molecule has 5 nitrogen and oxygen atoms in total. The first-order valence-electron chi connectivity index (χ1n) is 9.96. The number of rotatable bonds is 4. The topological polar surface area (TPSA) is 56.4 Å². The Morgan fingerprint density at radius 3 is 2.21 bits per heavy atom. The van der Waals surface area contributed by atoms with Gasteiger partial charge in [0.1, 0.15) is 0 Å². The number of aromatic amines is 1. The molecule has 0 saturated carbocycles. The van der Waals surface area contributed by atoms with Crippen LogP contribution in [0, 0.1) is 0 Å². The summed E-state index contributed by atoms with van der Waals surface area (Å²) in [5, 5.41) is 1.33. The van der Waals surface area contributed by atoms with Crippen LogP contribution < -0.4 is 0 Å². The minimum atomic E-state index is -0.158. The minimum Gasteiger partial charge on any atom is -0.361 e. The van der Waals surface area contributed by atoms with E-state index in [2.05, 4.69) is 40.3 Å². The molecule has 28 heavy (non-hydrogen) atoms. The molecule has 2 aliphatic heterocycles. The van der Waals surface area contributed by atoms with Gasteiger partial charge in [-0.3, -0.25) is 14.5 Å². The van der Waals surface area contributed by atoms with Crippen molar-refractivity contribution in [3.8, 4) is 0 Å². The molecule has 0 aliphatic carbocycles. The second-order valence-electron chi connectivity index (χ2n) is 7.71. The molecule has 5 heteroatoms. The van der Waals surface area contributed by atoms with Crippen LogP contribution in [-0.4, -0.2) is 52.8 Å². The smallest absolute Gasteiger partial charge is 0.261 e. The zero-order chi connectivity index (χ0) is 19.1. The third kappa shape index (κ3) is 2.83. The number of fused-ring (bicyclic) bond motifs is 2. The fraction of sp³-hybridized carbons (Fsp3) is 0.304. The Morgan fingerprint density at radius 2 is 1.50 bits per heavy atom. The SMILES string of the molecule is O=C1c2ccccc2C(=O)N1CCN1CCC(c2c[nH]c3ccccc23)CC1. The van der Waals surface area contributed by atoms with Crippen LogP contribution in [0.2, 0.25) is 0 Å². The van der Waals surface area contributed by atoms with Gasteiger partial charge < -0.3 is 9.88 Å². The van der Waals surface area contributed by atoms with Crippen LogP contribution in [0.1, 0.15) is 45.0 Å². The first-order valence-corrected chi connectivity index (χ1v) is 9.96. The molecule has 0 bridgehead atoms. The average Bonchev–Trinajstić information content (AvgIpc) is 3.27. The number of carbonyl (C=O) groups excluding carboxylic acids is 2. The molecule has 3 aromatic rings. The van der Waals surface area contributed by atoms with Crippen LogP contribution in [-0.2, 0) is 0 Å². The van der Waals surface area contributed by atoms with Crippen molar-refractivity contribution in [3.05, 3.63) is 71.4 Å². The minimum absolute atomic E-state index is 0.158. The zero-order valence-corrected chi connectivity index (χ0v) is 15.7. The number of nitrogens with one attached hydrogen (secondary N) is 1. The summed E-state index contributed by atoms with van der Waals surface area (Å²) in [5.74, 6) is 0.246. The number of carbonyl (C=O) groups is 2. The van der Waals surface area contributed by atoms with Crippen molar-refractivity contribution >= 4 is 22.7 Å². The number of hydrogen-bond acceptors (Lipinski definition) is 3. The lowest BCUT2D eigenvalue weighted by Crippen LogP contribution is -2.41. The van der Waals surface area contributed by atoms with Gasteiger partial charge in [0.25, 0.3) is 11.8 Å². The number of nitrogens with zero attached hydrogens (tertiary/aromatic N) is 2. The van der Waals surface area contributed by atoms with Crippen LogP contribution >= 0.6 is 0 Å². The van der Waals surface area contributed by atoms with Gasteiger partial charge in [0.2, 0.25) is 0 Å². The number of H-pyrrole nitrogens is 1. The molecule has 1 aromatic heterocycles. The van der Waals surface area contributed by atoms with Crippen LogP contribution in [0.4, 0.5) is 0 Å². The van der Waals surface area contributed by atoms with E-state index in [0.29, 0.717) is 23.6 Å². The van der Waals surface area contributed by atoms with Crippen molar-refractivity contribution in [2.24, 2.45) is 0 Å². The van der Waals surface area contributed by atoms with Gasteiger partial charge >= 0.3 is 0 Å². The lowest BCUT2D eigenvalue weighted by molar-refractivity contribution is 0.0629. The maximum atomic E-state index is 12.5. The Balaban J connectivity index is 1.20. The normalized spacial score (nSPS) is 18.2. The highest BCUT2D eigenvalue weighted by atomic mass is 16.2. The highest BCUT2D eigenvalue weighted by molar-refractivity contribution is 6.21. The number of para-hydroxylation sites is 1. The summed E-state index contributed by atoms with van der Waals surface area (Å²) in [5.41, 5.74) is 3.68. The summed E-state index contributed by atoms with van der Waals surface area (Å²) in [6.07, 6.45) is 4.36. The molecule has 0 radical (unpaired) electrons. The largest absolute Gasteiger partial charge is 0.361 e. The second kappa shape index (κ2) is 6.91. The Labute approximate surface area is 163 Å². The standard InChI is InChI=1S/C23H23N3O2/c27-22-18-6-1-2-7-19(18)23(28)26(22)14-13-25-11-9-16(10-12-25)20-15-24-21-8-4-3-5-17(20)21/h1-8,15-16,24H,9-14H2. The van der Waals surface area contributed by atoms with Crippen molar-refractivity contribution in [2.75, 3.05) is 26.2 Å². The molecular weight excluding hydrogens is 350 g/mol. The molecule has 2 aliphatic rings. The van der Waals surface area contributed by atoms with Crippen molar-refractivity contribution in [1.82, 2.24) is 14.8 Å². The van der Waals surface area contributed by atoms with Crippen LogP contribution in [0.15, 0.2) is 54.7 Å². The molecular formula is C23H23N3O2. The summed E-state index contributed by atoms with van der Waals surface area (Å²) in [7, 11) is 0. The molecule has 142 valence electrons. The first kappa shape index (κ1) is 17.2. The van der Waals surface area contributed by atoms with Crippen molar-refractivity contribution in [3.63, 3.8) is 0 Å². The Kier molecular flexibility index (Phi) is 4.24. The molecule has 1 fully saturated rings. The van der Waals surface area contributed by atoms with Gasteiger partial charge in [0.05, 0.1) is 11.1 Å². The number of amides is 2. The lowest BCUT2D eigenvalue weighted by Gasteiger charge is -2.32.